The number of pyridine rings is 1. The van der Waals surface area contributed by atoms with Gasteiger partial charge < -0.3 is 24.9 Å². The molecule has 35 heavy (non-hydrogen) atoms. The summed E-state index contributed by atoms with van der Waals surface area (Å²) in [4.78, 5) is 32.1. The number of carboxylic acid groups (broad SMARTS) is 1. The van der Waals surface area contributed by atoms with Gasteiger partial charge in [-0.25, -0.2) is 0 Å². The van der Waals surface area contributed by atoms with Crippen molar-refractivity contribution in [3.8, 4) is 5.75 Å². The Bertz CT molecular complexity index is 1330. The highest BCUT2D eigenvalue weighted by Crippen LogP contribution is 2.29. The predicted octanol–water partition coefficient (Wildman–Crippen LogP) is 4.78. The molecule has 0 fully saturated rings. The van der Waals surface area contributed by atoms with E-state index in [4.69, 9.17) is 14.3 Å². The van der Waals surface area contributed by atoms with E-state index in [0.29, 0.717) is 34.2 Å². The zero-order valence-electron chi connectivity index (χ0n) is 19.4. The lowest BCUT2D eigenvalue weighted by Gasteiger charge is -2.10. The molecule has 4 aromatic rings. The number of Topliss-reactive ketones (excluding diaryl/α,β-unsaturated/α-hetero) is 1. The van der Waals surface area contributed by atoms with Crippen LogP contribution in [-0.2, 0) is 16.0 Å². The number of para-hydroxylation sites is 2. The van der Waals surface area contributed by atoms with Crippen molar-refractivity contribution in [1.82, 2.24) is 9.97 Å². The lowest BCUT2D eigenvalue weighted by Crippen LogP contribution is -2.16. The Labute approximate surface area is 202 Å². The third-order valence-corrected chi connectivity index (χ3v) is 5.46. The second kappa shape index (κ2) is 10.7. The summed E-state index contributed by atoms with van der Waals surface area (Å²) < 4.78 is 11.2. The molecule has 2 aromatic heterocycles. The fourth-order valence-electron chi connectivity index (χ4n) is 3.65. The zero-order chi connectivity index (χ0) is 24.8. The number of nitrogens with zero attached hydrogens (tertiary/aromatic N) is 2. The molecule has 9 heteroatoms. The number of methoxy groups -OCH3 is 1. The molecule has 1 unspecified atom stereocenters. The molecule has 0 bridgehead atoms. The Hall–Kier alpha value is -4.40. The Morgan fingerprint density at radius 1 is 1.14 bits per heavy atom. The quantitative estimate of drug-likeness (QED) is 0.281. The van der Waals surface area contributed by atoms with E-state index in [0.717, 1.165) is 11.3 Å². The van der Waals surface area contributed by atoms with Gasteiger partial charge in [-0.3, -0.25) is 14.6 Å². The minimum atomic E-state index is -0.862. The molecule has 9 nitrogen and oxygen atoms in total. The van der Waals surface area contributed by atoms with Crippen LogP contribution in [0.4, 0.5) is 17.4 Å². The second-order valence-corrected chi connectivity index (χ2v) is 8.19. The number of hydrogen-bond acceptors (Lipinski definition) is 8. The summed E-state index contributed by atoms with van der Waals surface area (Å²) in [6.45, 7) is 1.96. The number of ether oxygens (including phenoxy) is 1. The van der Waals surface area contributed by atoms with Gasteiger partial charge in [0.25, 0.3) is 6.01 Å². The van der Waals surface area contributed by atoms with E-state index in [2.05, 4.69) is 20.6 Å². The number of carboxylic acids is 1. The molecule has 0 saturated carbocycles. The first-order chi connectivity index (χ1) is 16.9. The minimum Gasteiger partial charge on any atom is -0.495 e. The van der Waals surface area contributed by atoms with Crippen molar-refractivity contribution in [2.24, 2.45) is 0 Å². The van der Waals surface area contributed by atoms with Crippen molar-refractivity contribution < 1.29 is 23.8 Å². The molecule has 0 spiro atoms. The number of hydrogen-bond donors (Lipinski definition) is 3. The van der Waals surface area contributed by atoms with Crippen molar-refractivity contribution in [1.29, 1.82) is 0 Å². The molecular formula is C26H26N4O5. The highest BCUT2D eigenvalue weighted by atomic mass is 16.5. The molecule has 4 rings (SSSR count). The Morgan fingerprint density at radius 2 is 1.97 bits per heavy atom. The van der Waals surface area contributed by atoms with E-state index >= 15 is 0 Å². The summed E-state index contributed by atoms with van der Waals surface area (Å²) in [5, 5.41) is 15.1. The van der Waals surface area contributed by atoms with Gasteiger partial charge in [-0.2, -0.15) is 4.98 Å². The van der Waals surface area contributed by atoms with E-state index in [1.165, 1.54) is 0 Å². The van der Waals surface area contributed by atoms with Gasteiger partial charge in [-0.05, 0) is 42.0 Å². The second-order valence-electron chi connectivity index (χ2n) is 8.19. The van der Waals surface area contributed by atoms with Crippen LogP contribution in [0.25, 0.3) is 11.1 Å². The fraction of sp³-hybridized carbons (Fsp3) is 0.231. The van der Waals surface area contributed by atoms with E-state index in [1.807, 2.05) is 49.4 Å². The molecule has 3 N–H and O–H groups in total. The molecule has 0 aliphatic carbocycles. The number of oxazole rings is 1. The molecule has 0 amide bonds. The maximum Gasteiger partial charge on any atom is 0.304 e. The Kier molecular flexibility index (Phi) is 7.25. The van der Waals surface area contributed by atoms with Gasteiger partial charge in [-0.15, -0.1) is 0 Å². The van der Waals surface area contributed by atoms with Gasteiger partial charge in [0, 0.05) is 18.0 Å². The van der Waals surface area contributed by atoms with Crippen molar-refractivity contribution in [3.05, 3.63) is 72.1 Å². The first kappa shape index (κ1) is 23.7. The monoisotopic (exact) mass is 474 g/mol. The first-order valence-electron chi connectivity index (χ1n) is 11.1. The van der Waals surface area contributed by atoms with Crippen LogP contribution in [0.3, 0.4) is 0 Å². The number of rotatable bonds is 11. The van der Waals surface area contributed by atoms with Gasteiger partial charge in [0.15, 0.2) is 11.4 Å². The zero-order valence-corrected chi connectivity index (χ0v) is 19.4. The lowest BCUT2D eigenvalue weighted by atomic mass is 10.0. The van der Waals surface area contributed by atoms with Crippen molar-refractivity contribution in [2.75, 3.05) is 24.3 Å². The van der Waals surface area contributed by atoms with E-state index in [9.17, 15) is 9.59 Å². The fourth-order valence-corrected chi connectivity index (χ4v) is 3.65. The molecule has 180 valence electrons. The van der Waals surface area contributed by atoms with E-state index in [-0.39, 0.29) is 31.1 Å². The molecule has 0 aliphatic heterocycles. The third kappa shape index (κ3) is 6.14. The minimum absolute atomic E-state index is 0.000410. The number of benzene rings is 2. The average Bonchev–Trinajstić information content (AvgIpc) is 3.24. The highest BCUT2D eigenvalue weighted by molar-refractivity contribution is 5.86. The van der Waals surface area contributed by atoms with Gasteiger partial charge in [0.1, 0.15) is 11.3 Å². The van der Waals surface area contributed by atoms with Crippen LogP contribution in [0.5, 0.6) is 5.75 Å². The predicted molar refractivity (Wildman–Crippen MR) is 132 cm³/mol. The number of fused-ring (bicyclic) bond motifs is 1. The lowest BCUT2D eigenvalue weighted by molar-refractivity contribution is -0.137. The van der Waals surface area contributed by atoms with E-state index < -0.39 is 5.97 Å². The molecule has 0 aliphatic rings. The maximum absolute atomic E-state index is 12.5. The van der Waals surface area contributed by atoms with Crippen LogP contribution >= 0.6 is 0 Å². The largest absolute Gasteiger partial charge is 0.495 e. The number of aliphatic carboxylic acids is 1. The van der Waals surface area contributed by atoms with Crippen LogP contribution in [-0.4, -0.2) is 40.5 Å². The smallest absolute Gasteiger partial charge is 0.304 e. The number of aromatic nitrogens is 2. The number of ketones is 1. The Balaban J connectivity index is 1.34. The van der Waals surface area contributed by atoms with E-state index in [1.54, 1.807) is 25.4 Å². The SMILES string of the molecule is COc1ccccc1Nc1nc2ccc(CC(=O)CNc3ccc(C(C)CC(=O)O)nc3)cc2o1. The maximum atomic E-state index is 12.5. The molecule has 1 atom stereocenters. The van der Waals surface area contributed by atoms with Crippen LogP contribution in [0.15, 0.2) is 65.2 Å². The molecule has 2 heterocycles. The summed E-state index contributed by atoms with van der Waals surface area (Å²) in [5.41, 5.74) is 4.21. The number of carbonyl (C=O) groups excluding carboxylic acids is 1. The molecule has 0 radical (unpaired) electrons. The summed E-state index contributed by atoms with van der Waals surface area (Å²) in [6.07, 6.45) is 1.86. The van der Waals surface area contributed by atoms with Gasteiger partial charge in [0.2, 0.25) is 0 Å². The summed E-state index contributed by atoms with van der Waals surface area (Å²) in [7, 11) is 1.60. The van der Waals surface area contributed by atoms with Gasteiger partial charge >= 0.3 is 5.97 Å². The topological polar surface area (TPSA) is 127 Å². The number of anilines is 3. The molecule has 2 aromatic carbocycles. The molecular weight excluding hydrogens is 448 g/mol. The summed E-state index contributed by atoms with van der Waals surface area (Å²) >= 11 is 0. The Morgan fingerprint density at radius 3 is 2.71 bits per heavy atom. The van der Waals surface area contributed by atoms with Crippen LogP contribution < -0.4 is 15.4 Å². The van der Waals surface area contributed by atoms with Gasteiger partial charge in [-0.1, -0.05) is 25.1 Å². The van der Waals surface area contributed by atoms with Crippen molar-refractivity contribution in [2.45, 2.75) is 25.7 Å². The normalized spacial score (nSPS) is 11.7. The summed E-state index contributed by atoms with van der Waals surface area (Å²) in [6, 6.07) is 16.9. The van der Waals surface area contributed by atoms with Crippen molar-refractivity contribution in [3.63, 3.8) is 0 Å². The highest BCUT2D eigenvalue weighted by Gasteiger charge is 2.13. The van der Waals surface area contributed by atoms with Crippen LogP contribution in [0, 0.1) is 0 Å². The van der Waals surface area contributed by atoms with Crippen LogP contribution in [0.2, 0.25) is 0 Å². The number of carbonyl (C=O) groups is 2. The third-order valence-electron chi connectivity index (χ3n) is 5.46. The van der Waals surface area contributed by atoms with Gasteiger partial charge in [0.05, 0.1) is 37.6 Å². The number of nitrogens with one attached hydrogen (secondary N) is 2. The van der Waals surface area contributed by atoms with Crippen LogP contribution in [0.1, 0.15) is 30.5 Å². The van der Waals surface area contributed by atoms with Crippen molar-refractivity contribution >= 4 is 40.2 Å². The standard InChI is InChI=1S/C26H26N4O5/c1-16(11-25(32)33)20-10-8-18(14-28-20)27-15-19(31)12-17-7-9-22-24(13-17)35-26(30-22)29-21-5-3-4-6-23(21)34-2/h3-10,13-14,16,27H,11-12,15H2,1-2H3,(H,29,30)(H,32,33). The first-order valence-corrected chi connectivity index (χ1v) is 11.1. The molecule has 0 saturated heterocycles. The average molecular weight is 475 g/mol. The summed E-state index contributed by atoms with van der Waals surface area (Å²) in [5.74, 6) is -0.369.